The average Bonchev–Trinajstić information content (AvgIpc) is 2.95. The Kier molecular flexibility index (Phi) is 5.43. The number of nitro benzene ring substituents is 1. The molecule has 1 aliphatic rings. The van der Waals surface area contributed by atoms with E-state index < -0.39 is 10.8 Å². The lowest BCUT2D eigenvalue weighted by Gasteiger charge is -2.10. The molecule has 0 saturated carbocycles. The molecule has 0 unspecified atom stereocenters. The van der Waals surface area contributed by atoms with Crippen LogP contribution in [0.5, 0.6) is 0 Å². The second-order valence-electron chi connectivity index (χ2n) is 5.46. The molecule has 7 nitrogen and oxygen atoms in total. The van der Waals surface area contributed by atoms with Crippen molar-refractivity contribution in [3.63, 3.8) is 0 Å². The number of halogens is 2. The standard InChI is InChI=1S/C18H13Cl2N3O4/c1-2-27-17-14(9-11-3-8-15(19)16(20)10-11)18(24)22(21-17)12-4-6-13(7-5-12)23(25)26/h3-10H,2H2,1H3/b14-9+. The lowest BCUT2D eigenvalue weighted by Crippen LogP contribution is -2.21. The predicted molar refractivity (Wildman–Crippen MR) is 104 cm³/mol. The number of carbonyl (C=O) groups is 1. The SMILES string of the molecule is CCOC1=NN(c2ccc([N+](=O)[O-])cc2)C(=O)/C1=C/c1ccc(Cl)c(Cl)c1. The Hall–Kier alpha value is -2.90. The van der Waals surface area contributed by atoms with Gasteiger partial charge in [-0.15, -0.1) is 5.10 Å². The fraction of sp³-hybridized carbons (Fsp3) is 0.111. The van der Waals surface area contributed by atoms with Gasteiger partial charge in [-0.25, -0.2) is 0 Å². The summed E-state index contributed by atoms with van der Waals surface area (Å²) in [6.45, 7) is 2.09. The molecule has 1 amide bonds. The monoisotopic (exact) mass is 405 g/mol. The van der Waals surface area contributed by atoms with Crippen LogP contribution in [0, 0.1) is 10.1 Å². The van der Waals surface area contributed by atoms with E-state index in [1.165, 1.54) is 24.3 Å². The quantitative estimate of drug-likeness (QED) is 0.419. The van der Waals surface area contributed by atoms with E-state index in [-0.39, 0.29) is 17.2 Å². The number of hydrazone groups is 1. The van der Waals surface area contributed by atoms with Gasteiger partial charge >= 0.3 is 0 Å². The van der Waals surface area contributed by atoms with Gasteiger partial charge in [-0.3, -0.25) is 14.9 Å². The minimum Gasteiger partial charge on any atom is -0.476 e. The number of carbonyl (C=O) groups excluding carboxylic acids is 1. The summed E-state index contributed by atoms with van der Waals surface area (Å²) < 4.78 is 5.48. The number of anilines is 1. The van der Waals surface area contributed by atoms with Gasteiger partial charge < -0.3 is 4.74 Å². The molecule has 0 radical (unpaired) electrons. The van der Waals surface area contributed by atoms with Gasteiger partial charge in [0.15, 0.2) is 0 Å². The number of rotatable bonds is 4. The van der Waals surface area contributed by atoms with E-state index in [9.17, 15) is 14.9 Å². The molecule has 0 atom stereocenters. The van der Waals surface area contributed by atoms with Crippen LogP contribution in [-0.2, 0) is 9.53 Å². The van der Waals surface area contributed by atoms with E-state index >= 15 is 0 Å². The molecular weight excluding hydrogens is 393 g/mol. The van der Waals surface area contributed by atoms with Crippen molar-refractivity contribution < 1.29 is 14.5 Å². The number of nitrogens with zero attached hydrogens (tertiary/aromatic N) is 3. The molecule has 1 heterocycles. The van der Waals surface area contributed by atoms with Crippen LogP contribution in [0.3, 0.4) is 0 Å². The van der Waals surface area contributed by atoms with Crippen molar-refractivity contribution in [2.24, 2.45) is 5.10 Å². The van der Waals surface area contributed by atoms with Gasteiger partial charge in [0, 0.05) is 12.1 Å². The highest BCUT2D eigenvalue weighted by Gasteiger charge is 2.32. The second-order valence-corrected chi connectivity index (χ2v) is 6.27. The zero-order chi connectivity index (χ0) is 19.6. The van der Waals surface area contributed by atoms with Crippen LogP contribution in [0.2, 0.25) is 10.0 Å². The summed E-state index contributed by atoms with van der Waals surface area (Å²) >= 11 is 11.9. The second kappa shape index (κ2) is 7.77. The molecule has 0 aromatic heterocycles. The first-order chi connectivity index (χ1) is 12.9. The van der Waals surface area contributed by atoms with Crippen LogP contribution < -0.4 is 5.01 Å². The van der Waals surface area contributed by atoms with Gasteiger partial charge in [-0.05, 0) is 42.8 Å². The molecule has 2 aromatic rings. The van der Waals surface area contributed by atoms with Gasteiger partial charge in [0.05, 0.1) is 27.3 Å². The van der Waals surface area contributed by atoms with Gasteiger partial charge in [-0.1, -0.05) is 29.3 Å². The lowest BCUT2D eigenvalue weighted by molar-refractivity contribution is -0.384. The van der Waals surface area contributed by atoms with Crippen LogP contribution in [-0.4, -0.2) is 23.3 Å². The summed E-state index contributed by atoms with van der Waals surface area (Å²) in [4.78, 5) is 23.1. The van der Waals surface area contributed by atoms with Crippen molar-refractivity contribution in [1.82, 2.24) is 0 Å². The fourth-order valence-corrected chi connectivity index (χ4v) is 2.73. The predicted octanol–water partition coefficient (Wildman–Crippen LogP) is 4.68. The van der Waals surface area contributed by atoms with Crippen LogP contribution in [0.1, 0.15) is 12.5 Å². The topological polar surface area (TPSA) is 85.0 Å². The normalized spacial score (nSPS) is 15.2. The number of nitro groups is 1. The van der Waals surface area contributed by atoms with Crippen molar-refractivity contribution in [2.75, 3.05) is 11.6 Å². The first-order valence-electron chi connectivity index (χ1n) is 7.88. The van der Waals surface area contributed by atoms with E-state index in [4.69, 9.17) is 27.9 Å². The van der Waals surface area contributed by atoms with Crippen LogP contribution in [0.4, 0.5) is 11.4 Å². The van der Waals surface area contributed by atoms with Crippen molar-refractivity contribution in [3.05, 3.63) is 73.8 Å². The van der Waals surface area contributed by atoms with E-state index in [1.807, 2.05) is 0 Å². The minimum absolute atomic E-state index is 0.0778. The van der Waals surface area contributed by atoms with Crippen molar-refractivity contribution in [1.29, 1.82) is 0 Å². The van der Waals surface area contributed by atoms with Crippen molar-refractivity contribution in [3.8, 4) is 0 Å². The van der Waals surface area contributed by atoms with Crippen molar-refractivity contribution >= 4 is 52.5 Å². The number of hydrogen-bond acceptors (Lipinski definition) is 5. The first-order valence-corrected chi connectivity index (χ1v) is 8.63. The lowest BCUT2D eigenvalue weighted by atomic mass is 10.1. The first kappa shape index (κ1) is 18.9. The highest BCUT2D eigenvalue weighted by Crippen LogP contribution is 2.29. The number of benzene rings is 2. The molecular formula is C18H13Cl2N3O4. The molecule has 27 heavy (non-hydrogen) atoms. The highest BCUT2D eigenvalue weighted by molar-refractivity contribution is 6.42. The highest BCUT2D eigenvalue weighted by atomic mass is 35.5. The minimum atomic E-state index is -0.514. The third-order valence-electron chi connectivity index (χ3n) is 3.68. The molecule has 9 heteroatoms. The molecule has 0 spiro atoms. The van der Waals surface area contributed by atoms with Crippen LogP contribution >= 0.6 is 23.2 Å². The Morgan fingerprint density at radius 1 is 1.19 bits per heavy atom. The molecule has 0 fully saturated rings. The molecule has 0 aliphatic carbocycles. The van der Waals surface area contributed by atoms with Gasteiger partial charge in [0.2, 0.25) is 5.90 Å². The van der Waals surface area contributed by atoms with E-state index in [0.29, 0.717) is 27.9 Å². The fourth-order valence-electron chi connectivity index (χ4n) is 2.42. The Morgan fingerprint density at radius 2 is 1.89 bits per heavy atom. The van der Waals surface area contributed by atoms with Gasteiger partial charge in [-0.2, -0.15) is 5.01 Å². The molecule has 0 N–H and O–H groups in total. The summed E-state index contributed by atoms with van der Waals surface area (Å²) in [7, 11) is 0. The summed E-state index contributed by atoms with van der Waals surface area (Å²) in [6, 6.07) is 10.5. The Morgan fingerprint density at radius 3 is 2.48 bits per heavy atom. The maximum atomic E-state index is 12.8. The third kappa shape index (κ3) is 3.94. The smallest absolute Gasteiger partial charge is 0.284 e. The largest absolute Gasteiger partial charge is 0.476 e. The summed E-state index contributed by atoms with van der Waals surface area (Å²) in [5, 5.41) is 16.9. The Labute approximate surface area is 164 Å². The number of hydrogen-bond donors (Lipinski definition) is 0. The molecule has 2 aromatic carbocycles. The molecule has 138 valence electrons. The summed E-state index contributed by atoms with van der Waals surface area (Å²) in [5.41, 5.74) is 1.21. The Bertz CT molecular complexity index is 971. The average molecular weight is 406 g/mol. The zero-order valence-corrected chi connectivity index (χ0v) is 15.6. The molecule has 1 aliphatic heterocycles. The summed E-state index contributed by atoms with van der Waals surface area (Å²) in [6.07, 6.45) is 1.60. The third-order valence-corrected chi connectivity index (χ3v) is 4.42. The number of ether oxygens (including phenoxy) is 1. The number of non-ortho nitro benzene ring substituents is 1. The van der Waals surface area contributed by atoms with Gasteiger partial charge in [0.1, 0.15) is 5.57 Å². The maximum absolute atomic E-state index is 12.8. The van der Waals surface area contributed by atoms with E-state index in [1.54, 1.807) is 31.2 Å². The summed E-state index contributed by atoms with van der Waals surface area (Å²) in [5.74, 6) is -0.259. The van der Waals surface area contributed by atoms with Gasteiger partial charge in [0.25, 0.3) is 11.6 Å². The van der Waals surface area contributed by atoms with Crippen molar-refractivity contribution in [2.45, 2.75) is 6.92 Å². The zero-order valence-electron chi connectivity index (χ0n) is 14.1. The van der Waals surface area contributed by atoms with Crippen LogP contribution in [0.15, 0.2) is 53.1 Å². The molecule has 0 bridgehead atoms. The van der Waals surface area contributed by atoms with E-state index in [0.717, 1.165) is 5.01 Å². The molecule has 3 rings (SSSR count). The van der Waals surface area contributed by atoms with E-state index in [2.05, 4.69) is 5.10 Å². The molecule has 0 saturated heterocycles. The number of amides is 1. The maximum Gasteiger partial charge on any atom is 0.284 e. The van der Waals surface area contributed by atoms with Crippen LogP contribution in [0.25, 0.3) is 6.08 Å². The Balaban J connectivity index is 1.97.